The lowest BCUT2D eigenvalue weighted by molar-refractivity contribution is -0.121. The number of hydrogen-bond acceptors (Lipinski definition) is 5. The number of nitrogens with one attached hydrogen (secondary N) is 1. The molecule has 1 aliphatic rings. The Labute approximate surface area is 155 Å². The zero-order chi connectivity index (χ0) is 18.8. The Balaban J connectivity index is 1.39. The molecule has 0 fully saturated rings. The Morgan fingerprint density at radius 3 is 2.89 bits per heavy atom. The minimum atomic E-state index is -0.102. The molecule has 7 heteroatoms. The van der Waals surface area contributed by atoms with Crippen LogP contribution < -0.4 is 20.3 Å². The summed E-state index contributed by atoms with van der Waals surface area (Å²) in [6, 6.07) is 12.8. The molecule has 138 valence electrons. The first-order chi connectivity index (χ1) is 13.1. The van der Waals surface area contributed by atoms with Crippen LogP contribution in [0.1, 0.15) is 17.8 Å². The van der Waals surface area contributed by atoms with E-state index in [9.17, 15) is 9.59 Å². The molecule has 0 radical (unpaired) electrons. The lowest BCUT2D eigenvalue weighted by atomic mass is 10.2. The molecular formula is C20H19N3O4. The number of amides is 1. The minimum absolute atomic E-state index is 0.101. The number of carbonyl (C=O) groups excluding carboxylic acids is 1. The summed E-state index contributed by atoms with van der Waals surface area (Å²) < 4.78 is 12.1. The zero-order valence-corrected chi connectivity index (χ0v) is 14.9. The van der Waals surface area contributed by atoms with Gasteiger partial charge in [0.25, 0.3) is 5.56 Å². The molecule has 27 heavy (non-hydrogen) atoms. The molecule has 3 aromatic rings. The van der Waals surface area contributed by atoms with Gasteiger partial charge in [-0.25, -0.2) is 4.98 Å². The molecule has 0 aliphatic carbocycles. The van der Waals surface area contributed by atoms with Crippen LogP contribution >= 0.6 is 0 Å². The number of aryl methyl sites for hydroxylation is 1. The van der Waals surface area contributed by atoms with Gasteiger partial charge in [-0.1, -0.05) is 18.2 Å². The molecule has 0 bridgehead atoms. The van der Waals surface area contributed by atoms with Crippen molar-refractivity contribution in [3.05, 3.63) is 64.2 Å². The summed E-state index contributed by atoms with van der Waals surface area (Å²) in [5.74, 6) is 1.90. The van der Waals surface area contributed by atoms with Crippen LogP contribution in [0.15, 0.2) is 47.3 Å². The van der Waals surface area contributed by atoms with Crippen molar-refractivity contribution < 1.29 is 14.3 Å². The van der Waals surface area contributed by atoms with Crippen molar-refractivity contribution in [3.8, 4) is 11.5 Å². The van der Waals surface area contributed by atoms with Crippen molar-refractivity contribution in [1.82, 2.24) is 14.9 Å². The Hall–Kier alpha value is -3.35. The fourth-order valence-electron chi connectivity index (χ4n) is 3.05. The standard InChI is InChI=1S/C20H19N3O4/c1-23-18(22-15-5-3-2-4-14(15)20(23)25)8-9-19(24)21-11-13-6-7-16-17(10-13)27-12-26-16/h2-7,10H,8-9,11-12H2,1H3,(H,21,24). The average molecular weight is 365 g/mol. The summed E-state index contributed by atoms with van der Waals surface area (Å²) in [4.78, 5) is 29.1. The van der Waals surface area contributed by atoms with E-state index in [0.717, 1.165) is 5.56 Å². The monoisotopic (exact) mass is 365 g/mol. The third-order valence-electron chi connectivity index (χ3n) is 4.58. The Morgan fingerprint density at radius 2 is 2.00 bits per heavy atom. The highest BCUT2D eigenvalue weighted by molar-refractivity contribution is 5.78. The minimum Gasteiger partial charge on any atom is -0.454 e. The van der Waals surface area contributed by atoms with Gasteiger partial charge in [0.1, 0.15) is 5.82 Å². The van der Waals surface area contributed by atoms with Crippen LogP contribution in [0.5, 0.6) is 11.5 Å². The van der Waals surface area contributed by atoms with E-state index >= 15 is 0 Å². The second-order valence-electron chi connectivity index (χ2n) is 6.37. The second-order valence-corrected chi connectivity index (χ2v) is 6.37. The van der Waals surface area contributed by atoms with E-state index in [1.807, 2.05) is 30.3 Å². The van der Waals surface area contributed by atoms with Crippen molar-refractivity contribution in [3.63, 3.8) is 0 Å². The topological polar surface area (TPSA) is 82.5 Å². The third-order valence-corrected chi connectivity index (χ3v) is 4.58. The number of para-hydroxylation sites is 1. The lowest BCUT2D eigenvalue weighted by Gasteiger charge is -2.10. The molecule has 7 nitrogen and oxygen atoms in total. The molecule has 1 amide bonds. The van der Waals surface area contributed by atoms with Gasteiger partial charge in [-0.05, 0) is 29.8 Å². The fourth-order valence-corrected chi connectivity index (χ4v) is 3.05. The molecule has 4 rings (SSSR count). The second kappa shape index (κ2) is 7.11. The highest BCUT2D eigenvalue weighted by atomic mass is 16.7. The van der Waals surface area contributed by atoms with E-state index in [0.29, 0.717) is 41.2 Å². The smallest absolute Gasteiger partial charge is 0.261 e. The van der Waals surface area contributed by atoms with Gasteiger partial charge in [-0.2, -0.15) is 0 Å². The van der Waals surface area contributed by atoms with E-state index in [2.05, 4.69) is 10.3 Å². The van der Waals surface area contributed by atoms with E-state index in [1.165, 1.54) is 4.57 Å². The van der Waals surface area contributed by atoms with Gasteiger partial charge in [0.2, 0.25) is 12.7 Å². The Morgan fingerprint density at radius 1 is 1.19 bits per heavy atom. The van der Waals surface area contributed by atoms with E-state index in [4.69, 9.17) is 9.47 Å². The van der Waals surface area contributed by atoms with Crippen LogP contribution in [0, 0.1) is 0 Å². The van der Waals surface area contributed by atoms with Crippen LogP contribution in [0.3, 0.4) is 0 Å². The van der Waals surface area contributed by atoms with Crippen LogP contribution in [-0.2, 0) is 24.8 Å². The summed E-state index contributed by atoms with van der Waals surface area (Å²) in [6.07, 6.45) is 0.646. The van der Waals surface area contributed by atoms with E-state index in [-0.39, 0.29) is 24.7 Å². The first kappa shape index (κ1) is 17.1. The quantitative estimate of drug-likeness (QED) is 0.747. The number of fused-ring (bicyclic) bond motifs is 2. The first-order valence-electron chi connectivity index (χ1n) is 8.72. The van der Waals surface area contributed by atoms with Gasteiger partial charge < -0.3 is 14.8 Å². The van der Waals surface area contributed by atoms with Crippen molar-refractivity contribution in [2.75, 3.05) is 6.79 Å². The summed E-state index contributed by atoms with van der Waals surface area (Å²) in [5, 5.41) is 3.46. The first-order valence-corrected chi connectivity index (χ1v) is 8.72. The number of rotatable bonds is 5. The SMILES string of the molecule is Cn1c(CCC(=O)NCc2ccc3c(c2)OCO3)nc2ccccc2c1=O. The molecule has 0 atom stereocenters. The third kappa shape index (κ3) is 3.48. The number of ether oxygens (including phenoxy) is 2. The van der Waals surface area contributed by atoms with Crippen LogP contribution in [0.25, 0.3) is 10.9 Å². The zero-order valence-electron chi connectivity index (χ0n) is 14.9. The summed E-state index contributed by atoms with van der Waals surface area (Å²) in [6.45, 7) is 0.627. The normalized spacial score (nSPS) is 12.3. The van der Waals surface area contributed by atoms with Crippen molar-refractivity contribution in [2.45, 2.75) is 19.4 Å². The molecule has 2 heterocycles. The van der Waals surface area contributed by atoms with Crippen molar-refractivity contribution >= 4 is 16.8 Å². The molecule has 1 aliphatic heterocycles. The number of hydrogen-bond donors (Lipinski definition) is 1. The molecule has 0 saturated heterocycles. The molecule has 0 saturated carbocycles. The maximum absolute atomic E-state index is 12.4. The molecule has 2 aromatic carbocycles. The lowest BCUT2D eigenvalue weighted by Crippen LogP contribution is -2.26. The predicted octanol–water partition coefficient (Wildman–Crippen LogP) is 1.91. The summed E-state index contributed by atoms with van der Waals surface area (Å²) >= 11 is 0. The number of nitrogens with zero attached hydrogens (tertiary/aromatic N) is 2. The molecule has 0 spiro atoms. The Kier molecular flexibility index (Phi) is 4.50. The molecular weight excluding hydrogens is 346 g/mol. The highest BCUT2D eigenvalue weighted by Gasteiger charge is 2.14. The van der Waals surface area contributed by atoms with Gasteiger partial charge in [-0.15, -0.1) is 0 Å². The number of aromatic nitrogens is 2. The summed E-state index contributed by atoms with van der Waals surface area (Å²) in [7, 11) is 1.68. The predicted molar refractivity (Wildman–Crippen MR) is 99.7 cm³/mol. The summed E-state index contributed by atoms with van der Waals surface area (Å²) in [5.41, 5.74) is 1.48. The van der Waals surface area contributed by atoms with Gasteiger partial charge in [0, 0.05) is 26.4 Å². The fraction of sp³-hybridized carbons (Fsp3) is 0.250. The maximum Gasteiger partial charge on any atom is 0.261 e. The number of carbonyl (C=O) groups is 1. The maximum atomic E-state index is 12.4. The molecule has 0 unspecified atom stereocenters. The Bertz CT molecular complexity index is 1070. The van der Waals surface area contributed by atoms with Gasteiger partial charge in [0.05, 0.1) is 10.9 Å². The van der Waals surface area contributed by atoms with Crippen molar-refractivity contribution in [2.24, 2.45) is 7.05 Å². The van der Waals surface area contributed by atoms with Crippen LogP contribution in [0.2, 0.25) is 0 Å². The largest absolute Gasteiger partial charge is 0.454 e. The van der Waals surface area contributed by atoms with Gasteiger partial charge in [-0.3, -0.25) is 14.2 Å². The van der Waals surface area contributed by atoms with E-state index < -0.39 is 0 Å². The average Bonchev–Trinajstić information content (AvgIpc) is 3.16. The van der Waals surface area contributed by atoms with Gasteiger partial charge in [0.15, 0.2) is 11.5 Å². The number of benzene rings is 2. The van der Waals surface area contributed by atoms with Crippen LogP contribution in [-0.4, -0.2) is 22.3 Å². The molecule has 1 N–H and O–H groups in total. The van der Waals surface area contributed by atoms with E-state index in [1.54, 1.807) is 19.2 Å². The molecule has 1 aromatic heterocycles. The highest BCUT2D eigenvalue weighted by Crippen LogP contribution is 2.32. The van der Waals surface area contributed by atoms with Gasteiger partial charge >= 0.3 is 0 Å². The van der Waals surface area contributed by atoms with Crippen molar-refractivity contribution in [1.29, 1.82) is 0 Å². The van der Waals surface area contributed by atoms with Crippen LogP contribution in [0.4, 0.5) is 0 Å².